The lowest BCUT2D eigenvalue weighted by atomic mass is 9.92. The Labute approximate surface area is 116 Å². The number of carbonyl (C=O) groups is 2. The third-order valence-electron chi connectivity index (χ3n) is 3.49. The van der Waals surface area contributed by atoms with Gasteiger partial charge in [0.25, 0.3) is 0 Å². The molecule has 1 aliphatic rings. The van der Waals surface area contributed by atoms with Gasteiger partial charge in [0.05, 0.1) is 11.3 Å². The number of phenols is 1. The Morgan fingerprint density at radius 2 is 2.15 bits per heavy atom. The number of phenolic OH excluding ortho intramolecular Hbond substituents is 1. The second kappa shape index (κ2) is 5.92. The molecule has 4 N–H and O–H groups in total. The Kier molecular flexibility index (Phi) is 4.24. The average molecular weight is 278 g/mol. The van der Waals surface area contributed by atoms with Crippen LogP contribution in [0.2, 0.25) is 0 Å². The van der Waals surface area contributed by atoms with Crippen molar-refractivity contribution in [1.29, 1.82) is 0 Å². The molecule has 1 saturated heterocycles. The van der Waals surface area contributed by atoms with Gasteiger partial charge in [-0.25, -0.2) is 4.79 Å². The third-order valence-corrected chi connectivity index (χ3v) is 3.49. The molecule has 0 saturated carbocycles. The van der Waals surface area contributed by atoms with Crippen molar-refractivity contribution in [1.82, 2.24) is 5.32 Å². The lowest BCUT2D eigenvalue weighted by Gasteiger charge is -2.27. The summed E-state index contributed by atoms with van der Waals surface area (Å²) in [5.74, 6) is -1.63. The molecule has 1 heterocycles. The topological polar surface area (TPSA) is 98.7 Å². The van der Waals surface area contributed by atoms with Crippen LogP contribution in [0, 0.1) is 5.92 Å². The fourth-order valence-electron chi connectivity index (χ4n) is 2.42. The molecule has 0 radical (unpaired) electrons. The van der Waals surface area contributed by atoms with E-state index in [1.807, 2.05) is 6.92 Å². The predicted octanol–water partition coefficient (Wildman–Crippen LogP) is 1.42. The zero-order valence-corrected chi connectivity index (χ0v) is 11.2. The zero-order chi connectivity index (χ0) is 14.7. The van der Waals surface area contributed by atoms with E-state index >= 15 is 0 Å². The van der Waals surface area contributed by atoms with Gasteiger partial charge in [-0.3, -0.25) is 4.79 Å². The molecule has 2 unspecified atom stereocenters. The summed E-state index contributed by atoms with van der Waals surface area (Å²) >= 11 is 0. The van der Waals surface area contributed by atoms with E-state index in [1.165, 1.54) is 12.1 Å². The molecule has 1 fully saturated rings. The van der Waals surface area contributed by atoms with Crippen molar-refractivity contribution in [2.24, 2.45) is 5.92 Å². The molecule has 0 aliphatic carbocycles. The molecule has 6 nitrogen and oxygen atoms in total. The van der Waals surface area contributed by atoms with Crippen molar-refractivity contribution in [2.45, 2.75) is 25.8 Å². The van der Waals surface area contributed by atoms with Gasteiger partial charge in [-0.1, -0.05) is 0 Å². The van der Waals surface area contributed by atoms with Crippen molar-refractivity contribution in [3.63, 3.8) is 0 Å². The number of rotatable bonds is 3. The molecule has 1 amide bonds. The number of carboxylic acids is 1. The SMILES string of the molecule is CC1CC(C(=O)Nc2ccc(O)cc2C(=O)O)CCN1. The number of carbonyl (C=O) groups excluding carboxylic acids is 1. The van der Waals surface area contributed by atoms with Crippen LogP contribution in [0.15, 0.2) is 18.2 Å². The number of piperidine rings is 1. The first-order valence-corrected chi connectivity index (χ1v) is 6.58. The minimum atomic E-state index is -1.19. The average Bonchev–Trinajstić information content (AvgIpc) is 2.40. The number of aromatic carboxylic acids is 1. The molecule has 6 heteroatoms. The van der Waals surface area contributed by atoms with Gasteiger partial charge in [-0.2, -0.15) is 0 Å². The van der Waals surface area contributed by atoms with Crippen molar-refractivity contribution >= 4 is 17.6 Å². The molecule has 2 rings (SSSR count). The van der Waals surface area contributed by atoms with E-state index in [0.29, 0.717) is 0 Å². The summed E-state index contributed by atoms with van der Waals surface area (Å²) in [5.41, 5.74) is 0.104. The number of hydrogen-bond donors (Lipinski definition) is 4. The number of nitrogens with one attached hydrogen (secondary N) is 2. The highest BCUT2D eigenvalue weighted by molar-refractivity contribution is 6.01. The second-order valence-electron chi connectivity index (χ2n) is 5.10. The Morgan fingerprint density at radius 1 is 1.40 bits per heavy atom. The maximum absolute atomic E-state index is 12.2. The fraction of sp³-hybridized carbons (Fsp3) is 0.429. The van der Waals surface area contributed by atoms with E-state index in [0.717, 1.165) is 25.5 Å². The molecule has 1 aliphatic heterocycles. The monoisotopic (exact) mass is 278 g/mol. The van der Waals surface area contributed by atoms with Gasteiger partial charge in [-0.05, 0) is 44.5 Å². The number of anilines is 1. The summed E-state index contributed by atoms with van der Waals surface area (Å²) in [6.45, 7) is 2.79. The molecule has 0 aromatic heterocycles. The smallest absolute Gasteiger partial charge is 0.337 e. The summed E-state index contributed by atoms with van der Waals surface area (Å²) in [7, 11) is 0. The number of amides is 1. The molecular formula is C14H18N2O4. The Bertz CT molecular complexity index is 530. The van der Waals surface area contributed by atoms with E-state index in [1.54, 1.807) is 0 Å². The van der Waals surface area contributed by atoms with Gasteiger partial charge in [0, 0.05) is 12.0 Å². The summed E-state index contributed by atoms with van der Waals surface area (Å²) in [5, 5.41) is 24.3. The summed E-state index contributed by atoms with van der Waals surface area (Å²) in [6, 6.07) is 4.16. The maximum atomic E-state index is 12.2. The molecule has 0 bridgehead atoms. The molecule has 1 aromatic carbocycles. The van der Waals surface area contributed by atoms with Crippen LogP contribution >= 0.6 is 0 Å². The second-order valence-corrected chi connectivity index (χ2v) is 5.10. The standard InChI is InChI=1S/C14H18N2O4/c1-8-6-9(4-5-15-8)13(18)16-12-3-2-10(17)7-11(12)14(19)20/h2-3,7-9,15,17H,4-6H2,1H3,(H,16,18)(H,19,20). The molecule has 1 aromatic rings. The molecule has 20 heavy (non-hydrogen) atoms. The van der Waals surface area contributed by atoms with Gasteiger partial charge in [-0.15, -0.1) is 0 Å². The minimum Gasteiger partial charge on any atom is -0.508 e. The van der Waals surface area contributed by atoms with Gasteiger partial charge < -0.3 is 20.8 Å². The van der Waals surface area contributed by atoms with Gasteiger partial charge in [0.15, 0.2) is 0 Å². The Morgan fingerprint density at radius 3 is 2.80 bits per heavy atom. The molecule has 2 atom stereocenters. The highest BCUT2D eigenvalue weighted by atomic mass is 16.4. The summed E-state index contributed by atoms with van der Waals surface area (Å²) < 4.78 is 0. The van der Waals surface area contributed by atoms with Crippen molar-refractivity contribution in [2.75, 3.05) is 11.9 Å². The van der Waals surface area contributed by atoms with Gasteiger partial charge in [0.1, 0.15) is 5.75 Å². The number of hydrogen-bond acceptors (Lipinski definition) is 4. The van der Waals surface area contributed by atoms with Crippen LogP contribution in [0.5, 0.6) is 5.75 Å². The Balaban J connectivity index is 2.13. The highest BCUT2D eigenvalue weighted by Crippen LogP contribution is 2.24. The third kappa shape index (κ3) is 3.27. The van der Waals surface area contributed by atoms with E-state index in [9.17, 15) is 14.7 Å². The summed E-state index contributed by atoms with van der Waals surface area (Å²) in [6.07, 6.45) is 1.46. The minimum absolute atomic E-state index is 0.111. The molecular weight excluding hydrogens is 260 g/mol. The van der Waals surface area contributed by atoms with E-state index in [2.05, 4.69) is 10.6 Å². The van der Waals surface area contributed by atoms with Crippen molar-refractivity contribution in [3.05, 3.63) is 23.8 Å². The van der Waals surface area contributed by atoms with Crippen LogP contribution in [0.3, 0.4) is 0 Å². The van der Waals surface area contributed by atoms with Crippen molar-refractivity contribution < 1.29 is 19.8 Å². The highest BCUT2D eigenvalue weighted by Gasteiger charge is 2.25. The lowest BCUT2D eigenvalue weighted by molar-refractivity contribution is -0.120. The predicted molar refractivity (Wildman–Crippen MR) is 73.9 cm³/mol. The van der Waals surface area contributed by atoms with Crippen LogP contribution in [0.25, 0.3) is 0 Å². The van der Waals surface area contributed by atoms with Crippen LogP contribution < -0.4 is 10.6 Å². The molecule has 0 spiro atoms. The number of carboxylic acid groups (broad SMARTS) is 1. The fourth-order valence-corrected chi connectivity index (χ4v) is 2.42. The van der Waals surface area contributed by atoms with Crippen LogP contribution in [-0.2, 0) is 4.79 Å². The van der Waals surface area contributed by atoms with Crippen LogP contribution in [0.1, 0.15) is 30.1 Å². The zero-order valence-electron chi connectivity index (χ0n) is 11.2. The van der Waals surface area contributed by atoms with Crippen LogP contribution in [-0.4, -0.2) is 34.7 Å². The van der Waals surface area contributed by atoms with Crippen molar-refractivity contribution in [3.8, 4) is 5.75 Å². The van der Waals surface area contributed by atoms with Gasteiger partial charge in [0.2, 0.25) is 5.91 Å². The number of benzene rings is 1. The van der Waals surface area contributed by atoms with E-state index < -0.39 is 5.97 Å². The number of aromatic hydroxyl groups is 1. The largest absolute Gasteiger partial charge is 0.508 e. The molecule has 108 valence electrons. The van der Waals surface area contributed by atoms with E-state index in [4.69, 9.17) is 5.11 Å². The first kappa shape index (κ1) is 14.3. The first-order chi connectivity index (χ1) is 9.47. The maximum Gasteiger partial charge on any atom is 0.337 e. The lowest BCUT2D eigenvalue weighted by Crippen LogP contribution is -2.40. The van der Waals surface area contributed by atoms with Crippen LogP contribution in [0.4, 0.5) is 5.69 Å². The Hall–Kier alpha value is -2.08. The first-order valence-electron chi connectivity index (χ1n) is 6.58. The van der Waals surface area contributed by atoms with E-state index in [-0.39, 0.29) is 34.9 Å². The normalized spacial score (nSPS) is 22.2. The quantitative estimate of drug-likeness (QED) is 0.627. The van der Waals surface area contributed by atoms with Gasteiger partial charge >= 0.3 is 5.97 Å². The summed E-state index contributed by atoms with van der Waals surface area (Å²) in [4.78, 5) is 23.3.